The number of esters is 2. The lowest BCUT2D eigenvalue weighted by molar-refractivity contribution is -0.152. The van der Waals surface area contributed by atoms with Crippen molar-refractivity contribution in [2.24, 2.45) is 5.92 Å². The molecular weight excluding hydrogens is 184 g/mol. The Bertz CT molecular complexity index is 212. The van der Waals surface area contributed by atoms with E-state index in [-0.39, 0.29) is 30.1 Å². The number of carbonyl (C=O) groups is 2. The number of hydrogen-bond acceptors (Lipinski definition) is 4. The van der Waals surface area contributed by atoms with Crippen molar-refractivity contribution in [3.8, 4) is 0 Å². The molecule has 1 rings (SSSR count). The minimum Gasteiger partial charge on any atom is -0.462 e. The Labute approximate surface area is 83.6 Å². The van der Waals surface area contributed by atoms with Gasteiger partial charge in [0.25, 0.3) is 0 Å². The van der Waals surface area contributed by atoms with Crippen LogP contribution >= 0.6 is 0 Å². The highest BCUT2D eigenvalue weighted by Crippen LogP contribution is 2.30. The highest BCUT2D eigenvalue weighted by Gasteiger charge is 2.36. The maximum Gasteiger partial charge on any atom is 0.302 e. The topological polar surface area (TPSA) is 52.6 Å². The molecule has 0 heterocycles. The Balaban J connectivity index is 2.46. The first-order valence-electron chi connectivity index (χ1n) is 4.85. The summed E-state index contributed by atoms with van der Waals surface area (Å²) in [6, 6.07) is 0. The third kappa shape index (κ3) is 2.72. The fourth-order valence-corrected chi connectivity index (χ4v) is 1.85. The SMILES string of the molecule is CC(=O)OC1CCC(OC(C)=O)C1C. The standard InChI is InChI=1S/C10H16O4/c1-6-9(13-7(2)11)4-5-10(6)14-8(3)12/h6,9-10H,4-5H2,1-3H3. The summed E-state index contributed by atoms with van der Waals surface area (Å²) >= 11 is 0. The van der Waals surface area contributed by atoms with Crippen molar-refractivity contribution in [3.05, 3.63) is 0 Å². The van der Waals surface area contributed by atoms with Crippen molar-refractivity contribution in [2.45, 2.75) is 45.8 Å². The van der Waals surface area contributed by atoms with Crippen molar-refractivity contribution in [1.82, 2.24) is 0 Å². The van der Waals surface area contributed by atoms with Crippen molar-refractivity contribution in [3.63, 3.8) is 0 Å². The zero-order chi connectivity index (χ0) is 10.7. The van der Waals surface area contributed by atoms with Crippen molar-refractivity contribution >= 4 is 11.9 Å². The van der Waals surface area contributed by atoms with Gasteiger partial charge in [0, 0.05) is 19.8 Å². The Kier molecular flexibility index (Phi) is 3.49. The van der Waals surface area contributed by atoms with Gasteiger partial charge in [-0.15, -0.1) is 0 Å². The molecule has 0 radical (unpaired) electrons. The van der Waals surface area contributed by atoms with Crippen LogP contribution in [0.4, 0.5) is 0 Å². The molecule has 0 bridgehead atoms. The van der Waals surface area contributed by atoms with E-state index in [4.69, 9.17) is 9.47 Å². The zero-order valence-electron chi connectivity index (χ0n) is 8.78. The minimum atomic E-state index is -0.273. The van der Waals surface area contributed by atoms with Crippen LogP contribution in [-0.2, 0) is 19.1 Å². The molecule has 2 atom stereocenters. The van der Waals surface area contributed by atoms with Crippen molar-refractivity contribution < 1.29 is 19.1 Å². The third-order valence-corrected chi connectivity index (χ3v) is 2.54. The molecule has 1 saturated carbocycles. The summed E-state index contributed by atoms with van der Waals surface area (Å²) in [7, 11) is 0. The molecule has 0 saturated heterocycles. The van der Waals surface area contributed by atoms with Gasteiger partial charge in [-0.25, -0.2) is 0 Å². The van der Waals surface area contributed by atoms with Gasteiger partial charge in [-0.1, -0.05) is 6.92 Å². The summed E-state index contributed by atoms with van der Waals surface area (Å²) in [6.07, 6.45) is 1.35. The number of hydrogen-bond donors (Lipinski definition) is 0. The molecule has 1 aliphatic rings. The Morgan fingerprint density at radius 2 is 1.36 bits per heavy atom. The summed E-state index contributed by atoms with van der Waals surface area (Å²) in [5, 5.41) is 0. The maximum atomic E-state index is 10.7. The van der Waals surface area contributed by atoms with E-state index in [1.807, 2.05) is 6.92 Å². The van der Waals surface area contributed by atoms with Crippen LogP contribution in [0, 0.1) is 5.92 Å². The van der Waals surface area contributed by atoms with E-state index < -0.39 is 0 Å². The van der Waals surface area contributed by atoms with Gasteiger partial charge in [0.05, 0.1) is 0 Å². The summed E-state index contributed by atoms with van der Waals surface area (Å²) in [5.74, 6) is -0.446. The Hall–Kier alpha value is -1.06. The molecule has 0 aliphatic heterocycles. The second kappa shape index (κ2) is 4.44. The van der Waals surface area contributed by atoms with Gasteiger partial charge in [0.1, 0.15) is 12.2 Å². The molecule has 0 spiro atoms. The second-order valence-electron chi connectivity index (χ2n) is 3.73. The average Bonchev–Trinajstić information content (AvgIpc) is 2.34. The van der Waals surface area contributed by atoms with Crippen LogP contribution in [-0.4, -0.2) is 24.1 Å². The minimum absolute atomic E-state index is 0.0998. The summed E-state index contributed by atoms with van der Waals surface area (Å²) in [5.41, 5.74) is 0. The fraction of sp³-hybridized carbons (Fsp3) is 0.800. The highest BCUT2D eigenvalue weighted by molar-refractivity contribution is 5.67. The molecule has 0 aromatic heterocycles. The molecule has 4 heteroatoms. The molecule has 2 unspecified atom stereocenters. The quantitative estimate of drug-likeness (QED) is 0.630. The molecule has 1 aliphatic carbocycles. The lowest BCUT2D eigenvalue weighted by atomic mass is 10.1. The normalized spacial score (nSPS) is 31.2. The monoisotopic (exact) mass is 200 g/mol. The Morgan fingerprint density at radius 1 is 1.00 bits per heavy atom. The van der Waals surface area contributed by atoms with Crippen LogP contribution in [0.15, 0.2) is 0 Å². The van der Waals surface area contributed by atoms with Gasteiger partial charge in [-0.3, -0.25) is 9.59 Å². The first kappa shape index (κ1) is 11.0. The van der Waals surface area contributed by atoms with Gasteiger partial charge in [0.15, 0.2) is 0 Å². The number of carbonyl (C=O) groups excluding carboxylic acids is 2. The van der Waals surface area contributed by atoms with E-state index in [9.17, 15) is 9.59 Å². The molecule has 0 aromatic carbocycles. The van der Waals surface area contributed by atoms with Gasteiger partial charge in [-0.05, 0) is 12.8 Å². The molecule has 4 nitrogen and oxygen atoms in total. The lowest BCUT2D eigenvalue weighted by Gasteiger charge is -2.19. The van der Waals surface area contributed by atoms with E-state index in [1.165, 1.54) is 13.8 Å². The third-order valence-electron chi connectivity index (χ3n) is 2.54. The van der Waals surface area contributed by atoms with Crippen LogP contribution in [0.25, 0.3) is 0 Å². The van der Waals surface area contributed by atoms with Crippen LogP contribution in [0.1, 0.15) is 33.6 Å². The number of rotatable bonds is 2. The summed E-state index contributed by atoms with van der Waals surface area (Å²) in [6.45, 7) is 4.73. The Morgan fingerprint density at radius 3 is 1.64 bits per heavy atom. The predicted molar refractivity (Wildman–Crippen MR) is 49.5 cm³/mol. The smallest absolute Gasteiger partial charge is 0.302 e. The van der Waals surface area contributed by atoms with Gasteiger partial charge >= 0.3 is 11.9 Å². The molecular formula is C10H16O4. The van der Waals surface area contributed by atoms with Gasteiger partial charge in [-0.2, -0.15) is 0 Å². The van der Waals surface area contributed by atoms with E-state index in [0.717, 1.165) is 12.8 Å². The van der Waals surface area contributed by atoms with Crippen molar-refractivity contribution in [2.75, 3.05) is 0 Å². The fourth-order valence-electron chi connectivity index (χ4n) is 1.85. The zero-order valence-corrected chi connectivity index (χ0v) is 8.78. The molecule has 1 fully saturated rings. The number of ether oxygens (including phenoxy) is 2. The van der Waals surface area contributed by atoms with E-state index in [0.29, 0.717) is 0 Å². The molecule has 14 heavy (non-hydrogen) atoms. The lowest BCUT2D eigenvalue weighted by Crippen LogP contribution is -2.27. The average molecular weight is 200 g/mol. The molecule has 0 N–H and O–H groups in total. The van der Waals surface area contributed by atoms with Crippen LogP contribution in [0.5, 0.6) is 0 Å². The first-order valence-corrected chi connectivity index (χ1v) is 4.85. The van der Waals surface area contributed by atoms with Gasteiger partial charge < -0.3 is 9.47 Å². The van der Waals surface area contributed by atoms with Crippen LogP contribution in [0.3, 0.4) is 0 Å². The second-order valence-corrected chi connectivity index (χ2v) is 3.73. The summed E-state index contributed by atoms with van der Waals surface area (Å²) in [4.78, 5) is 21.5. The highest BCUT2D eigenvalue weighted by atomic mass is 16.6. The molecule has 0 amide bonds. The van der Waals surface area contributed by atoms with Gasteiger partial charge in [0.2, 0.25) is 0 Å². The molecule has 0 aromatic rings. The van der Waals surface area contributed by atoms with Crippen LogP contribution < -0.4 is 0 Å². The van der Waals surface area contributed by atoms with Crippen LogP contribution in [0.2, 0.25) is 0 Å². The first-order chi connectivity index (χ1) is 6.50. The van der Waals surface area contributed by atoms with E-state index in [1.54, 1.807) is 0 Å². The molecule has 80 valence electrons. The van der Waals surface area contributed by atoms with Crippen molar-refractivity contribution in [1.29, 1.82) is 0 Å². The summed E-state index contributed by atoms with van der Waals surface area (Å²) < 4.78 is 10.2. The van der Waals surface area contributed by atoms with E-state index >= 15 is 0 Å². The predicted octanol–water partition coefficient (Wildman–Crippen LogP) is 1.28. The largest absolute Gasteiger partial charge is 0.462 e. The maximum absolute atomic E-state index is 10.7. The van der Waals surface area contributed by atoms with E-state index in [2.05, 4.69) is 0 Å².